The molecule has 0 aliphatic carbocycles. The van der Waals surface area contributed by atoms with Crippen LogP contribution in [0.25, 0.3) is 0 Å². The molecule has 2 nitrogen and oxygen atoms in total. The van der Waals surface area contributed by atoms with Gasteiger partial charge in [-0.2, -0.15) is 0 Å². The SMILES string of the molecule is [Nb].[O]=[Ir]=[O]. The molecule has 0 saturated carbocycles. The van der Waals surface area contributed by atoms with Gasteiger partial charge in [-0.05, 0) is 0 Å². The molecule has 0 N–H and O–H groups in total. The summed E-state index contributed by atoms with van der Waals surface area (Å²) in [7, 11) is 0. The van der Waals surface area contributed by atoms with Gasteiger partial charge in [0, 0.05) is 22.4 Å². The summed E-state index contributed by atoms with van der Waals surface area (Å²) in [5.74, 6) is 0. The molecular formula is IrNbO2. The van der Waals surface area contributed by atoms with Crippen LogP contribution in [0.4, 0.5) is 0 Å². The van der Waals surface area contributed by atoms with Crippen LogP contribution in [0.2, 0.25) is 0 Å². The molecule has 1 radical (unpaired) electrons. The van der Waals surface area contributed by atoms with Crippen molar-refractivity contribution < 1.29 is 47.0 Å². The predicted octanol–water partition coefficient (Wildman–Crippen LogP) is -0.243. The van der Waals surface area contributed by atoms with Crippen molar-refractivity contribution in [1.82, 2.24) is 0 Å². The standard InChI is InChI=1S/Ir.Nb.2O. The molecule has 26 valence electrons. The van der Waals surface area contributed by atoms with Crippen molar-refractivity contribution in [3.05, 3.63) is 0 Å². The van der Waals surface area contributed by atoms with Gasteiger partial charge in [-0.1, -0.05) is 0 Å². The van der Waals surface area contributed by atoms with E-state index >= 15 is 0 Å². The Kier molecular flexibility index (Phi) is 20.0. The fourth-order valence-corrected chi connectivity index (χ4v) is 0. The van der Waals surface area contributed by atoms with E-state index < -0.39 is 17.6 Å². The van der Waals surface area contributed by atoms with Gasteiger partial charge >= 0.3 is 24.6 Å². The Morgan fingerprint density at radius 3 is 1.25 bits per heavy atom. The molecule has 0 heterocycles. The zero-order valence-electron chi connectivity index (χ0n) is 1.60. The van der Waals surface area contributed by atoms with Gasteiger partial charge in [-0.3, -0.25) is 0 Å². The van der Waals surface area contributed by atoms with E-state index in [1.807, 2.05) is 0 Å². The molecule has 4 heavy (non-hydrogen) atoms. The molecule has 0 aliphatic heterocycles. The molecule has 0 aliphatic rings. The quantitative estimate of drug-likeness (QED) is 0.578. The van der Waals surface area contributed by atoms with Gasteiger partial charge in [0.2, 0.25) is 0 Å². The van der Waals surface area contributed by atoms with Gasteiger partial charge in [-0.25, -0.2) is 0 Å². The predicted molar refractivity (Wildman–Crippen MR) is 1.37 cm³/mol. The fraction of sp³-hybridized carbons (Fsp3) is 0. The summed E-state index contributed by atoms with van der Waals surface area (Å²) in [6, 6.07) is 0. The Morgan fingerprint density at radius 2 is 1.25 bits per heavy atom. The summed E-state index contributed by atoms with van der Waals surface area (Å²) in [5, 5.41) is 0. The van der Waals surface area contributed by atoms with E-state index in [-0.39, 0.29) is 22.4 Å². The van der Waals surface area contributed by atoms with Gasteiger partial charge in [0.05, 0.1) is 0 Å². The molecule has 0 unspecified atom stereocenters. The van der Waals surface area contributed by atoms with Crippen molar-refractivity contribution in [2.45, 2.75) is 0 Å². The van der Waals surface area contributed by atoms with Crippen molar-refractivity contribution >= 4 is 0 Å². The molecule has 0 aromatic carbocycles. The summed E-state index contributed by atoms with van der Waals surface area (Å²) in [6.45, 7) is 0. The number of hydrogen-bond acceptors (Lipinski definition) is 2. The van der Waals surface area contributed by atoms with Crippen molar-refractivity contribution in [3.8, 4) is 0 Å². The third kappa shape index (κ3) is 12.1. The fourth-order valence-electron chi connectivity index (χ4n) is 0. The van der Waals surface area contributed by atoms with Gasteiger partial charge in [-0.15, -0.1) is 0 Å². The summed E-state index contributed by atoms with van der Waals surface area (Å²) >= 11 is -2.00. The van der Waals surface area contributed by atoms with Crippen LogP contribution < -0.4 is 0 Å². The van der Waals surface area contributed by atoms with E-state index in [2.05, 4.69) is 0 Å². The van der Waals surface area contributed by atoms with Crippen LogP contribution in [0.5, 0.6) is 0 Å². The Balaban J connectivity index is 0. The number of rotatable bonds is 0. The molecule has 0 amide bonds. The third-order valence-corrected chi connectivity index (χ3v) is 0. The van der Waals surface area contributed by atoms with E-state index in [1.54, 1.807) is 0 Å². The van der Waals surface area contributed by atoms with Crippen LogP contribution in [0, 0.1) is 0 Å². The van der Waals surface area contributed by atoms with Crippen molar-refractivity contribution in [2.24, 2.45) is 0 Å². The average molecular weight is 317 g/mol. The van der Waals surface area contributed by atoms with E-state index in [4.69, 9.17) is 7.01 Å². The second-order valence-corrected chi connectivity index (χ2v) is 0.455. The second kappa shape index (κ2) is 9.01. The zero-order valence-corrected chi connectivity index (χ0v) is 6.19. The maximum atomic E-state index is 8.50. The first-order valence-corrected chi connectivity index (χ1v) is 2.23. The Morgan fingerprint density at radius 1 is 1.25 bits per heavy atom. The third-order valence-electron chi connectivity index (χ3n) is 0. The molecule has 0 aromatic heterocycles. The average Bonchev–Trinajstić information content (AvgIpc) is 0.918. The van der Waals surface area contributed by atoms with Crippen LogP contribution in [0.1, 0.15) is 0 Å². The molecule has 0 spiro atoms. The molecule has 0 rings (SSSR count). The second-order valence-electron chi connectivity index (χ2n) is 0.0556. The summed E-state index contributed by atoms with van der Waals surface area (Å²) in [6.07, 6.45) is 0. The van der Waals surface area contributed by atoms with E-state index in [0.29, 0.717) is 0 Å². The van der Waals surface area contributed by atoms with Gasteiger partial charge in [0.15, 0.2) is 0 Å². The first-order valence-electron chi connectivity index (χ1n) is 0.272. The molecular weight excluding hydrogens is 317 g/mol. The van der Waals surface area contributed by atoms with Gasteiger partial charge in [0.1, 0.15) is 0 Å². The first kappa shape index (κ1) is 8.89. The molecule has 0 bridgehead atoms. The Labute approximate surface area is 47.0 Å². The first-order chi connectivity index (χ1) is 1.41. The summed E-state index contributed by atoms with van der Waals surface area (Å²) < 4.78 is 17.0. The topological polar surface area (TPSA) is 34.1 Å². The Bertz CT molecular complexity index is 27.0. The van der Waals surface area contributed by atoms with Gasteiger partial charge < -0.3 is 0 Å². The minimum absolute atomic E-state index is 0. The molecule has 4 heteroatoms. The van der Waals surface area contributed by atoms with Gasteiger partial charge in [0.25, 0.3) is 0 Å². The number of hydrogen-bond donors (Lipinski definition) is 0. The Hall–Kier alpha value is 0.990. The van der Waals surface area contributed by atoms with Crippen LogP contribution in [-0.4, -0.2) is 0 Å². The molecule has 0 saturated heterocycles. The molecule has 0 fully saturated rings. The normalized spacial score (nSPS) is 4.00. The maximum absolute atomic E-state index is 8.50. The molecule has 0 aromatic rings. The zero-order chi connectivity index (χ0) is 2.71. The van der Waals surface area contributed by atoms with Crippen LogP contribution in [0.15, 0.2) is 0 Å². The summed E-state index contributed by atoms with van der Waals surface area (Å²) in [5.41, 5.74) is 0. The van der Waals surface area contributed by atoms with E-state index in [9.17, 15) is 0 Å². The van der Waals surface area contributed by atoms with Crippen LogP contribution >= 0.6 is 0 Å². The van der Waals surface area contributed by atoms with Crippen molar-refractivity contribution in [3.63, 3.8) is 0 Å². The minimum atomic E-state index is -2.00. The van der Waals surface area contributed by atoms with E-state index in [0.717, 1.165) is 0 Å². The monoisotopic (exact) mass is 318 g/mol. The van der Waals surface area contributed by atoms with Crippen molar-refractivity contribution in [2.75, 3.05) is 0 Å². The van der Waals surface area contributed by atoms with Crippen molar-refractivity contribution in [1.29, 1.82) is 0 Å². The molecule has 0 atom stereocenters. The van der Waals surface area contributed by atoms with E-state index in [1.165, 1.54) is 0 Å². The van der Waals surface area contributed by atoms with Crippen LogP contribution in [0.3, 0.4) is 0 Å². The van der Waals surface area contributed by atoms with Crippen LogP contribution in [-0.2, 0) is 47.0 Å². The summed E-state index contributed by atoms with van der Waals surface area (Å²) in [4.78, 5) is 0.